The van der Waals surface area contributed by atoms with Crippen LogP contribution in [-0.2, 0) is 24.2 Å². The van der Waals surface area contributed by atoms with Crippen LogP contribution >= 0.6 is 11.6 Å². The standard InChI is InChI=1S/C22H19ClFN5O/c23-21-9-18(29-22(30)10-19-13-28-20(11-25)14-27-19)6-3-16(21)7-8-26-12-15-1-4-17(24)5-2-15/h1-6,9,13-14,26H,7-8,10,12H2,(H,29,30). The summed E-state index contributed by atoms with van der Waals surface area (Å²) in [7, 11) is 0. The van der Waals surface area contributed by atoms with Crippen LogP contribution in [0.3, 0.4) is 0 Å². The van der Waals surface area contributed by atoms with Crippen LogP contribution < -0.4 is 10.6 Å². The van der Waals surface area contributed by atoms with Crippen molar-refractivity contribution >= 4 is 23.2 Å². The third-order valence-corrected chi connectivity index (χ3v) is 4.66. The number of anilines is 1. The Morgan fingerprint density at radius 1 is 1.13 bits per heavy atom. The summed E-state index contributed by atoms with van der Waals surface area (Å²) in [6, 6.07) is 13.6. The lowest BCUT2D eigenvalue weighted by atomic mass is 10.1. The summed E-state index contributed by atoms with van der Waals surface area (Å²) in [6.45, 7) is 1.35. The predicted molar refractivity (Wildman–Crippen MR) is 112 cm³/mol. The van der Waals surface area contributed by atoms with Gasteiger partial charge in [0.2, 0.25) is 5.91 Å². The molecule has 0 spiro atoms. The third-order valence-electron chi connectivity index (χ3n) is 4.31. The molecule has 1 amide bonds. The highest BCUT2D eigenvalue weighted by atomic mass is 35.5. The van der Waals surface area contributed by atoms with Crippen molar-refractivity contribution in [2.24, 2.45) is 0 Å². The molecular formula is C22H19ClFN5O. The molecule has 0 aliphatic carbocycles. The van der Waals surface area contributed by atoms with Gasteiger partial charge in [0.1, 0.15) is 11.9 Å². The van der Waals surface area contributed by atoms with Crippen molar-refractivity contribution in [2.45, 2.75) is 19.4 Å². The Kier molecular flexibility index (Phi) is 7.44. The Morgan fingerprint density at radius 3 is 2.60 bits per heavy atom. The molecule has 0 saturated heterocycles. The Bertz CT molecular complexity index is 1050. The molecule has 0 radical (unpaired) electrons. The predicted octanol–water partition coefficient (Wildman–Crippen LogP) is 3.65. The number of carbonyl (C=O) groups excluding carboxylic acids is 1. The van der Waals surface area contributed by atoms with E-state index < -0.39 is 0 Å². The molecule has 30 heavy (non-hydrogen) atoms. The van der Waals surface area contributed by atoms with E-state index in [9.17, 15) is 9.18 Å². The van der Waals surface area contributed by atoms with Gasteiger partial charge in [0, 0.05) is 17.3 Å². The van der Waals surface area contributed by atoms with E-state index in [-0.39, 0.29) is 23.8 Å². The SMILES string of the molecule is N#Cc1cnc(CC(=O)Nc2ccc(CCNCc3ccc(F)cc3)c(Cl)c2)cn1. The molecule has 0 bridgehead atoms. The number of nitrogens with zero attached hydrogens (tertiary/aromatic N) is 3. The molecular weight excluding hydrogens is 405 g/mol. The summed E-state index contributed by atoms with van der Waals surface area (Å²) in [4.78, 5) is 20.1. The summed E-state index contributed by atoms with van der Waals surface area (Å²) in [6.07, 6.45) is 3.51. The van der Waals surface area contributed by atoms with Crippen molar-refractivity contribution in [1.82, 2.24) is 15.3 Å². The average Bonchev–Trinajstić information content (AvgIpc) is 2.74. The minimum atomic E-state index is -0.251. The van der Waals surface area contributed by atoms with Crippen LogP contribution in [0.1, 0.15) is 22.5 Å². The van der Waals surface area contributed by atoms with Crippen LogP contribution in [0, 0.1) is 17.1 Å². The van der Waals surface area contributed by atoms with Crippen LogP contribution in [0.5, 0.6) is 0 Å². The summed E-state index contributed by atoms with van der Waals surface area (Å²) in [5.74, 6) is -0.499. The van der Waals surface area contributed by atoms with Crippen molar-refractivity contribution < 1.29 is 9.18 Å². The molecule has 3 aromatic rings. The van der Waals surface area contributed by atoms with Crippen molar-refractivity contribution in [3.63, 3.8) is 0 Å². The number of rotatable bonds is 8. The first-order valence-electron chi connectivity index (χ1n) is 9.28. The average molecular weight is 424 g/mol. The highest BCUT2D eigenvalue weighted by Gasteiger charge is 2.08. The third kappa shape index (κ3) is 6.34. The first-order chi connectivity index (χ1) is 14.5. The van der Waals surface area contributed by atoms with E-state index in [0.29, 0.717) is 29.5 Å². The van der Waals surface area contributed by atoms with Gasteiger partial charge in [-0.2, -0.15) is 5.26 Å². The van der Waals surface area contributed by atoms with E-state index in [1.54, 1.807) is 24.3 Å². The number of halogens is 2. The van der Waals surface area contributed by atoms with Gasteiger partial charge >= 0.3 is 0 Å². The molecule has 1 heterocycles. The molecule has 0 atom stereocenters. The summed E-state index contributed by atoms with van der Waals surface area (Å²) in [5, 5.41) is 15.4. The first kappa shape index (κ1) is 21.4. The molecule has 6 nitrogen and oxygen atoms in total. The second-order valence-corrected chi connectivity index (χ2v) is 7.00. The summed E-state index contributed by atoms with van der Waals surface area (Å²) < 4.78 is 12.9. The van der Waals surface area contributed by atoms with Crippen LogP contribution in [0.25, 0.3) is 0 Å². The van der Waals surface area contributed by atoms with E-state index in [1.165, 1.54) is 24.5 Å². The molecule has 0 aliphatic rings. The van der Waals surface area contributed by atoms with Gasteiger partial charge in [-0.3, -0.25) is 9.78 Å². The lowest BCUT2D eigenvalue weighted by molar-refractivity contribution is -0.115. The molecule has 152 valence electrons. The van der Waals surface area contributed by atoms with Gasteiger partial charge < -0.3 is 10.6 Å². The number of amides is 1. The topological polar surface area (TPSA) is 90.7 Å². The maximum absolute atomic E-state index is 12.9. The van der Waals surface area contributed by atoms with E-state index in [0.717, 1.165) is 17.5 Å². The largest absolute Gasteiger partial charge is 0.326 e. The lowest BCUT2D eigenvalue weighted by Crippen LogP contribution is -2.17. The van der Waals surface area contributed by atoms with Gasteiger partial charge in [-0.1, -0.05) is 29.8 Å². The molecule has 1 aromatic heterocycles. The Hall–Kier alpha value is -3.34. The molecule has 3 rings (SSSR count). The number of nitrogens with one attached hydrogen (secondary N) is 2. The number of carbonyl (C=O) groups is 1. The monoisotopic (exact) mass is 423 g/mol. The molecule has 8 heteroatoms. The van der Waals surface area contributed by atoms with E-state index in [1.807, 2.05) is 12.1 Å². The minimum Gasteiger partial charge on any atom is -0.326 e. The van der Waals surface area contributed by atoms with Crippen molar-refractivity contribution in [1.29, 1.82) is 5.26 Å². The van der Waals surface area contributed by atoms with Gasteiger partial charge in [0.25, 0.3) is 0 Å². The summed E-state index contributed by atoms with van der Waals surface area (Å²) >= 11 is 6.35. The molecule has 0 saturated carbocycles. The van der Waals surface area contributed by atoms with Crippen LogP contribution in [0.4, 0.5) is 10.1 Å². The van der Waals surface area contributed by atoms with Gasteiger partial charge in [-0.25, -0.2) is 9.37 Å². The van der Waals surface area contributed by atoms with Crippen molar-refractivity contribution in [2.75, 3.05) is 11.9 Å². The molecule has 2 aromatic carbocycles. The Morgan fingerprint density at radius 2 is 1.93 bits per heavy atom. The number of hydrogen-bond acceptors (Lipinski definition) is 5. The molecule has 2 N–H and O–H groups in total. The van der Waals surface area contributed by atoms with Gasteiger partial charge in [-0.05, 0) is 48.4 Å². The second kappa shape index (κ2) is 10.4. The normalized spacial score (nSPS) is 10.4. The lowest BCUT2D eigenvalue weighted by Gasteiger charge is -2.10. The van der Waals surface area contributed by atoms with Gasteiger partial charge in [0.05, 0.1) is 24.5 Å². The number of aromatic nitrogens is 2. The molecule has 0 unspecified atom stereocenters. The molecule has 0 aliphatic heterocycles. The fraction of sp³-hybridized carbons (Fsp3) is 0.182. The smallest absolute Gasteiger partial charge is 0.230 e. The van der Waals surface area contributed by atoms with Crippen molar-refractivity contribution in [3.05, 3.63) is 88.2 Å². The van der Waals surface area contributed by atoms with Gasteiger partial charge in [0.15, 0.2) is 5.69 Å². The zero-order valence-corrected chi connectivity index (χ0v) is 16.8. The van der Waals surface area contributed by atoms with Crippen LogP contribution in [-0.4, -0.2) is 22.4 Å². The zero-order chi connectivity index (χ0) is 21.3. The summed E-state index contributed by atoms with van der Waals surface area (Å²) in [5.41, 5.74) is 3.23. The fourth-order valence-electron chi connectivity index (χ4n) is 2.76. The highest BCUT2D eigenvalue weighted by molar-refractivity contribution is 6.31. The second-order valence-electron chi connectivity index (χ2n) is 6.59. The highest BCUT2D eigenvalue weighted by Crippen LogP contribution is 2.21. The minimum absolute atomic E-state index is 0.0470. The fourth-order valence-corrected chi connectivity index (χ4v) is 3.03. The van der Waals surface area contributed by atoms with Crippen LogP contribution in [0.2, 0.25) is 5.02 Å². The number of nitriles is 1. The molecule has 0 fully saturated rings. The van der Waals surface area contributed by atoms with E-state index >= 15 is 0 Å². The van der Waals surface area contributed by atoms with E-state index in [4.69, 9.17) is 16.9 Å². The Balaban J connectivity index is 1.47. The van der Waals surface area contributed by atoms with E-state index in [2.05, 4.69) is 20.6 Å². The van der Waals surface area contributed by atoms with Gasteiger partial charge in [-0.15, -0.1) is 0 Å². The quantitative estimate of drug-likeness (QED) is 0.539. The maximum atomic E-state index is 12.9. The maximum Gasteiger partial charge on any atom is 0.230 e. The number of hydrogen-bond donors (Lipinski definition) is 2. The number of benzene rings is 2. The first-order valence-corrected chi connectivity index (χ1v) is 9.66. The Labute approximate surface area is 178 Å². The zero-order valence-electron chi connectivity index (χ0n) is 16.0. The van der Waals surface area contributed by atoms with Crippen LogP contribution in [0.15, 0.2) is 54.9 Å². The van der Waals surface area contributed by atoms with Crippen molar-refractivity contribution in [3.8, 4) is 6.07 Å².